The van der Waals surface area contributed by atoms with E-state index in [0.717, 1.165) is 0 Å². The summed E-state index contributed by atoms with van der Waals surface area (Å²) in [7, 11) is 0. The van der Waals surface area contributed by atoms with Gasteiger partial charge in [-0.15, -0.1) is 0 Å². The highest BCUT2D eigenvalue weighted by molar-refractivity contribution is 5.91. The van der Waals surface area contributed by atoms with Gasteiger partial charge in [0.15, 0.2) is 0 Å². The number of carbonyl (C=O) groups excluding carboxylic acids is 1. The van der Waals surface area contributed by atoms with Crippen LogP contribution in [-0.4, -0.2) is 38.4 Å². The Morgan fingerprint density at radius 2 is 2.12 bits per heavy atom. The van der Waals surface area contributed by atoms with E-state index in [1.54, 1.807) is 30.3 Å². The van der Waals surface area contributed by atoms with E-state index in [2.05, 4.69) is 5.32 Å². The Balaban J connectivity index is 1.55. The van der Waals surface area contributed by atoms with Crippen LogP contribution in [0.25, 0.3) is 17.4 Å². The molecule has 1 atom stereocenters. The van der Waals surface area contributed by atoms with Gasteiger partial charge in [-0.3, -0.25) is 4.79 Å². The van der Waals surface area contributed by atoms with Crippen LogP contribution in [0.15, 0.2) is 46.9 Å². The number of rotatable bonds is 5. The van der Waals surface area contributed by atoms with Gasteiger partial charge in [-0.1, -0.05) is 12.1 Å². The van der Waals surface area contributed by atoms with Gasteiger partial charge in [0.2, 0.25) is 5.91 Å². The number of amides is 1. The lowest BCUT2D eigenvalue weighted by molar-refractivity contribution is -0.119. The topological polar surface area (TPSA) is 60.7 Å². The Bertz CT molecular complexity index is 719. The molecular formula is C18H18FNO4. The molecule has 1 fully saturated rings. The van der Waals surface area contributed by atoms with E-state index in [-0.39, 0.29) is 17.8 Å². The van der Waals surface area contributed by atoms with Crippen LogP contribution in [-0.2, 0) is 14.3 Å². The normalized spacial score (nSPS) is 18.0. The quantitative estimate of drug-likeness (QED) is 0.856. The van der Waals surface area contributed by atoms with Gasteiger partial charge in [-0.2, -0.15) is 0 Å². The molecule has 1 aliphatic heterocycles. The molecule has 1 aromatic heterocycles. The van der Waals surface area contributed by atoms with Crippen LogP contribution in [0.1, 0.15) is 5.76 Å². The summed E-state index contributed by atoms with van der Waals surface area (Å²) in [5, 5.41) is 2.74. The standard InChI is InChI=1S/C18H18FNO4/c19-16-4-2-1-3-15(16)17-7-5-13(24-17)6-8-18(21)20-11-14-12-22-9-10-23-14/h1-8,14H,9-12H2,(H,20,21). The van der Waals surface area contributed by atoms with Crippen LogP contribution in [0, 0.1) is 5.82 Å². The maximum absolute atomic E-state index is 13.7. The van der Waals surface area contributed by atoms with Crippen molar-refractivity contribution in [2.45, 2.75) is 6.10 Å². The molecule has 6 heteroatoms. The molecule has 1 unspecified atom stereocenters. The van der Waals surface area contributed by atoms with Crippen molar-refractivity contribution >= 4 is 12.0 Å². The van der Waals surface area contributed by atoms with E-state index in [1.807, 2.05) is 0 Å². The van der Waals surface area contributed by atoms with Gasteiger partial charge in [-0.25, -0.2) is 4.39 Å². The van der Waals surface area contributed by atoms with E-state index in [1.165, 1.54) is 18.2 Å². The number of hydrogen-bond acceptors (Lipinski definition) is 4. The average molecular weight is 331 g/mol. The van der Waals surface area contributed by atoms with Crippen LogP contribution >= 0.6 is 0 Å². The monoisotopic (exact) mass is 331 g/mol. The van der Waals surface area contributed by atoms with Crippen molar-refractivity contribution in [3.05, 3.63) is 54.1 Å². The number of nitrogens with one attached hydrogen (secondary N) is 1. The lowest BCUT2D eigenvalue weighted by Gasteiger charge is -2.22. The molecule has 2 aromatic rings. The van der Waals surface area contributed by atoms with Gasteiger partial charge in [-0.05, 0) is 30.3 Å². The first-order chi connectivity index (χ1) is 11.7. The number of benzene rings is 1. The van der Waals surface area contributed by atoms with Gasteiger partial charge in [0.1, 0.15) is 17.3 Å². The Morgan fingerprint density at radius 3 is 2.92 bits per heavy atom. The smallest absolute Gasteiger partial charge is 0.244 e. The minimum Gasteiger partial charge on any atom is -0.457 e. The third kappa shape index (κ3) is 4.31. The minimum absolute atomic E-state index is 0.118. The molecule has 3 rings (SSSR count). The second kappa shape index (κ2) is 7.90. The van der Waals surface area contributed by atoms with Crippen LogP contribution < -0.4 is 5.32 Å². The van der Waals surface area contributed by atoms with Crippen molar-refractivity contribution in [1.82, 2.24) is 5.32 Å². The van der Waals surface area contributed by atoms with Crippen molar-refractivity contribution in [3.63, 3.8) is 0 Å². The minimum atomic E-state index is -0.352. The zero-order valence-electron chi connectivity index (χ0n) is 13.0. The fraction of sp³-hybridized carbons (Fsp3) is 0.278. The third-order valence-electron chi connectivity index (χ3n) is 3.55. The Labute approximate surface area is 139 Å². The van der Waals surface area contributed by atoms with E-state index < -0.39 is 0 Å². The highest BCUT2D eigenvalue weighted by Gasteiger charge is 2.14. The van der Waals surface area contributed by atoms with Gasteiger partial charge in [0.05, 0.1) is 31.5 Å². The summed E-state index contributed by atoms with van der Waals surface area (Å²) >= 11 is 0. The lowest BCUT2D eigenvalue weighted by Crippen LogP contribution is -2.39. The number of ether oxygens (including phenoxy) is 2. The molecule has 126 valence electrons. The summed E-state index contributed by atoms with van der Waals surface area (Å²) < 4.78 is 30.0. The summed E-state index contributed by atoms with van der Waals surface area (Å²) in [4.78, 5) is 11.8. The van der Waals surface area contributed by atoms with E-state index >= 15 is 0 Å². The van der Waals surface area contributed by atoms with Gasteiger partial charge < -0.3 is 19.2 Å². The largest absolute Gasteiger partial charge is 0.457 e. The van der Waals surface area contributed by atoms with Crippen molar-refractivity contribution in [2.75, 3.05) is 26.4 Å². The summed E-state index contributed by atoms with van der Waals surface area (Å²) in [5.41, 5.74) is 0.385. The maximum Gasteiger partial charge on any atom is 0.244 e. The van der Waals surface area contributed by atoms with Crippen molar-refractivity contribution in [2.24, 2.45) is 0 Å². The molecule has 1 saturated heterocycles. The van der Waals surface area contributed by atoms with Gasteiger partial charge in [0, 0.05) is 12.6 Å². The lowest BCUT2D eigenvalue weighted by atomic mass is 10.1. The van der Waals surface area contributed by atoms with Crippen molar-refractivity contribution in [1.29, 1.82) is 0 Å². The zero-order chi connectivity index (χ0) is 16.8. The molecule has 24 heavy (non-hydrogen) atoms. The summed E-state index contributed by atoms with van der Waals surface area (Å²) in [6.07, 6.45) is 2.79. The Kier molecular flexibility index (Phi) is 5.40. The molecule has 1 N–H and O–H groups in total. The average Bonchev–Trinajstić information content (AvgIpc) is 3.08. The first-order valence-corrected chi connectivity index (χ1v) is 7.72. The molecule has 5 nitrogen and oxygen atoms in total. The van der Waals surface area contributed by atoms with E-state index in [9.17, 15) is 9.18 Å². The molecule has 1 amide bonds. The Morgan fingerprint density at radius 1 is 1.25 bits per heavy atom. The number of halogens is 1. The van der Waals surface area contributed by atoms with Crippen molar-refractivity contribution in [3.8, 4) is 11.3 Å². The second-order valence-electron chi connectivity index (χ2n) is 5.33. The van der Waals surface area contributed by atoms with Crippen LogP contribution in [0.2, 0.25) is 0 Å². The molecule has 0 aliphatic carbocycles. The predicted octanol–water partition coefficient (Wildman–Crippen LogP) is 2.63. The third-order valence-corrected chi connectivity index (χ3v) is 3.55. The molecular weight excluding hydrogens is 313 g/mol. The first-order valence-electron chi connectivity index (χ1n) is 7.72. The van der Waals surface area contributed by atoms with Gasteiger partial charge in [0.25, 0.3) is 0 Å². The van der Waals surface area contributed by atoms with Crippen molar-refractivity contribution < 1.29 is 23.1 Å². The second-order valence-corrected chi connectivity index (χ2v) is 5.33. The zero-order valence-corrected chi connectivity index (χ0v) is 13.0. The number of carbonyl (C=O) groups is 1. The predicted molar refractivity (Wildman–Crippen MR) is 86.7 cm³/mol. The molecule has 0 saturated carbocycles. The molecule has 0 bridgehead atoms. The number of hydrogen-bond donors (Lipinski definition) is 1. The molecule has 0 spiro atoms. The Hall–Kier alpha value is -2.44. The maximum atomic E-state index is 13.7. The molecule has 0 radical (unpaired) electrons. The number of furan rings is 1. The van der Waals surface area contributed by atoms with Gasteiger partial charge >= 0.3 is 0 Å². The van der Waals surface area contributed by atoms with Crippen LogP contribution in [0.3, 0.4) is 0 Å². The fourth-order valence-corrected chi connectivity index (χ4v) is 2.33. The molecule has 1 aromatic carbocycles. The summed E-state index contributed by atoms with van der Waals surface area (Å²) in [6.45, 7) is 2.00. The fourth-order valence-electron chi connectivity index (χ4n) is 2.33. The molecule has 2 heterocycles. The van der Waals surface area contributed by atoms with E-state index in [0.29, 0.717) is 43.4 Å². The van der Waals surface area contributed by atoms with Crippen LogP contribution in [0.5, 0.6) is 0 Å². The SMILES string of the molecule is O=C(C=Cc1ccc(-c2ccccc2F)o1)NCC1COCCO1. The molecule has 1 aliphatic rings. The first kappa shape index (κ1) is 16.4. The highest BCUT2D eigenvalue weighted by Crippen LogP contribution is 2.25. The summed E-state index contributed by atoms with van der Waals surface area (Å²) in [5.74, 6) is 0.282. The van der Waals surface area contributed by atoms with E-state index in [4.69, 9.17) is 13.9 Å². The summed E-state index contributed by atoms with van der Waals surface area (Å²) in [6, 6.07) is 9.72. The highest BCUT2D eigenvalue weighted by atomic mass is 19.1. The van der Waals surface area contributed by atoms with Crippen LogP contribution in [0.4, 0.5) is 4.39 Å².